The average molecular weight is 305 g/mol. The summed E-state index contributed by atoms with van der Waals surface area (Å²) < 4.78 is 32.9. The van der Waals surface area contributed by atoms with Crippen LogP contribution in [0.15, 0.2) is 11.4 Å². The topological polar surface area (TPSA) is 120 Å². The van der Waals surface area contributed by atoms with E-state index in [2.05, 4.69) is 9.71 Å². The lowest BCUT2D eigenvalue weighted by atomic mass is 10.5. The Bertz CT molecular complexity index is 592. The number of ether oxygens (including phenoxy) is 1. The first kappa shape index (κ1) is 14.8. The molecule has 0 bridgehead atoms. The molecule has 10 nitrogen and oxygen atoms in total. The lowest BCUT2D eigenvalue weighted by Crippen LogP contribution is -2.44. The zero-order valence-electron chi connectivity index (χ0n) is 10.9. The molecule has 1 aromatic heterocycles. The molecule has 112 valence electrons. The molecule has 0 aromatic carbocycles. The van der Waals surface area contributed by atoms with Crippen molar-refractivity contribution in [3.63, 3.8) is 0 Å². The molecule has 1 saturated heterocycles. The summed E-state index contributed by atoms with van der Waals surface area (Å²) in [6, 6.07) is 0. The number of hydrogen-bond donors (Lipinski definition) is 1. The van der Waals surface area contributed by atoms with Crippen molar-refractivity contribution in [3.8, 4) is 0 Å². The minimum atomic E-state index is -4.00. The molecule has 0 saturated carbocycles. The second-order valence-corrected chi connectivity index (χ2v) is 5.96. The average Bonchev–Trinajstić information content (AvgIpc) is 2.81. The minimum absolute atomic E-state index is 0.0774. The van der Waals surface area contributed by atoms with Crippen molar-refractivity contribution in [2.24, 2.45) is 7.05 Å². The van der Waals surface area contributed by atoms with Crippen LogP contribution in [-0.4, -0.2) is 60.8 Å². The van der Waals surface area contributed by atoms with Gasteiger partial charge in [0.15, 0.2) is 0 Å². The number of nitrogens with one attached hydrogen (secondary N) is 1. The van der Waals surface area contributed by atoms with E-state index >= 15 is 0 Å². The molecule has 1 aromatic rings. The van der Waals surface area contributed by atoms with Gasteiger partial charge in [-0.15, -0.1) is 0 Å². The quantitative estimate of drug-likeness (QED) is 0.541. The maximum absolute atomic E-state index is 12.1. The second-order valence-electron chi connectivity index (χ2n) is 4.28. The molecule has 2 rings (SSSR count). The van der Waals surface area contributed by atoms with Crippen LogP contribution in [0.4, 0.5) is 5.82 Å². The fraction of sp³-hybridized carbons (Fsp3) is 0.667. The zero-order chi connectivity index (χ0) is 14.8. The Labute approximate surface area is 115 Å². The highest BCUT2D eigenvalue weighted by Crippen LogP contribution is 2.20. The van der Waals surface area contributed by atoms with E-state index in [1.165, 1.54) is 7.05 Å². The summed E-state index contributed by atoms with van der Waals surface area (Å²) in [4.78, 5) is 15.3. The van der Waals surface area contributed by atoms with Gasteiger partial charge in [0.05, 0.1) is 19.9 Å². The first-order valence-electron chi connectivity index (χ1n) is 5.87. The van der Waals surface area contributed by atoms with E-state index in [4.69, 9.17) is 4.74 Å². The molecule has 0 unspecified atom stereocenters. The summed E-state index contributed by atoms with van der Waals surface area (Å²) in [5.74, 6) is -0.679. The van der Waals surface area contributed by atoms with Crippen LogP contribution in [0.2, 0.25) is 0 Å². The van der Waals surface area contributed by atoms with Gasteiger partial charge in [0.25, 0.3) is 15.0 Å². The molecule has 1 aliphatic heterocycles. The summed E-state index contributed by atoms with van der Waals surface area (Å²) in [5.41, 5.74) is 0. The third kappa shape index (κ3) is 3.12. The van der Waals surface area contributed by atoms with Gasteiger partial charge >= 0.3 is 5.82 Å². The van der Waals surface area contributed by atoms with Gasteiger partial charge in [0, 0.05) is 20.1 Å². The number of nitro groups is 1. The standard InChI is InChI=1S/C9H15N5O5S/c1-12-6-10-8(14(15)16)9(12)20(17,18)11-7-13-2-4-19-5-3-13/h6,11H,2-5,7H2,1H3. The minimum Gasteiger partial charge on any atom is -0.379 e. The first-order valence-corrected chi connectivity index (χ1v) is 7.35. The van der Waals surface area contributed by atoms with Crippen LogP contribution in [0, 0.1) is 10.1 Å². The Balaban J connectivity index is 2.14. The highest BCUT2D eigenvalue weighted by Gasteiger charge is 2.31. The molecule has 20 heavy (non-hydrogen) atoms. The Morgan fingerprint density at radius 3 is 2.75 bits per heavy atom. The number of sulfonamides is 1. The molecule has 0 aliphatic carbocycles. The molecule has 0 radical (unpaired) electrons. The van der Waals surface area contributed by atoms with Crippen LogP contribution >= 0.6 is 0 Å². The Morgan fingerprint density at radius 2 is 2.15 bits per heavy atom. The van der Waals surface area contributed by atoms with Crippen molar-refractivity contribution in [3.05, 3.63) is 16.4 Å². The van der Waals surface area contributed by atoms with Crippen LogP contribution in [0.5, 0.6) is 0 Å². The van der Waals surface area contributed by atoms with Gasteiger partial charge in [-0.25, -0.2) is 8.42 Å². The number of aromatic nitrogens is 2. The number of rotatable bonds is 5. The van der Waals surface area contributed by atoms with E-state index in [1.54, 1.807) is 0 Å². The normalized spacial score (nSPS) is 17.2. The van der Waals surface area contributed by atoms with Gasteiger partial charge in [0.1, 0.15) is 0 Å². The van der Waals surface area contributed by atoms with E-state index in [9.17, 15) is 18.5 Å². The maximum Gasteiger partial charge on any atom is 0.402 e. The molecule has 1 aliphatic rings. The van der Waals surface area contributed by atoms with E-state index in [-0.39, 0.29) is 6.67 Å². The fourth-order valence-corrected chi connectivity index (χ4v) is 3.13. The molecule has 1 N–H and O–H groups in total. The highest BCUT2D eigenvalue weighted by molar-refractivity contribution is 7.89. The van der Waals surface area contributed by atoms with Crippen molar-refractivity contribution in [1.29, 1.82) is 0 Å². The Kier molecular flexibility index (Phi) is 4.32. The van der Waals surface area contributed by atoms with Crippen LogP contribution in [0.3, 0.4) is 0 Å². The highest BCUT2D eigenvalue weighted by atomic mass is 32.2. The number of hydrogen-bond acceptors (Lipinski definition) is 7. The van der Waals surface area contributed by atoms with Crippen LogP contribution in [-0.2, 0) is 21.8 Å². The third-order valence-electron chi connectivity index (χ3n) is 2.87. The van der Waals surface area contributed by atoms with Crippen molar-refractivity contribution in [2.75, 3.05) is 33.0 Å². The SMILES string of the molecule is Cn1cnc([N+](=O)[O-])c1S(=O)(=O)NCN1CCOCC1. The summed E-state index contributed by atoms with van der Waals surface area (Å²) in [6.07, 6.45) is 1.10. The summed E-state index contributed by atoms with van der Waals surface area (Å²) in [6.45, 7) is 2.36. The van der Waals surface area contributed by atoms with Gasteiger partial charge in [-0.2, -0.15) is 4.72 Å². The first-order chi connectivity index (χ1) is 9.42. The molecular weight excluding hydrogens is 290 g/mol. The molecule has 0 spiro atoms. The Hall–Kier alpha value is -1.56. The number of nitrogens with zero attached hydrogens (tertiary/aromatic N) is 4. The maximum atomic E-state index is 12.1. The van der Waals surface area contributed by atoms with Crippen molar-refractivity contribution >= 4 is 15.8 Å². The van der Waals surface area contributed by atoms with E-state index in [0.717, 1.165) is 10.9 Å². The van der Waals surface area contributed by atoms with Crippen molar-refractivity contribution < 1.29 is 18.1 Å². The Morgan fingerprint density at radius 1 is 1.50 bits per heavy atom. The summed E-state index contributed by atoms with van der Waals surface area (Å²) in [7, 11) is -2.60. The monoisotopic (exact) mass is 305 g/mol. The second kappa shape index (κ2) is 5.83. The molecule has 2 heterocycles. The fourth-order valence-electron chi connectivity index (χ4n) is 1.85. The van der Waals surface area contributed by atoms with Crippen LogP contribution in [0.25, 0.3) is 0 Å². The predicted molar refractivity (Wildman–Crippen MR) is 67.4 cm³/mol. The van der Waals surface area contributed by atoms with Crippen LogP contribution in [0.1, 0.15) is 0 Å². The lowest BCUT2D eigenvalue weighted by molar-refractivity contribution is -0.392. The molecular formula is C9H15N5O5S. The molecule has 11 heteroatoms. The van der Waals surface area contributed by atoms with Gasteiger partial charge < -0.3 is 14.9 Å². The van der Waals surface area contributed by atoms with Crippen LogP contribution < -0.4 is 4.72 Å². The predicted octanol–water partition coefficient (Wildman–Crippen LogP) is -1.10. The largest absolute Gasteiger partial charge is 0.402 e. The van der Waals surface area contributed by atoms with Crippen molar-refractivity contribution in [2.45, 2.75) is 5.03 Å². The van der Waals surface area contributed by atoms with E-state index in [1.807, 2.05) is 4.90 Å². The van der Waals surface area contributed by atoms with Gasteiger partial charge in [-0.1, -0.05) is 0 Å². The van der Waals surface area contributed by atoms with E-state index < -0.39 is 25.8 Å². The number of morpholine rings is 1. The summed E-state index contributed by atoms with van der Waals surface area (Å²) in [5, 5.41) is 10.3. The third-order valence-corrected chi connectivity index (χ3v) is 4.36. The summed E-state index contributed by atoms with van der Waals surface area (Å²) >= 11 is 0. The number of imidazole rings is 1. The molecule has 0 atom stereocenters. The zero-order valence-corrected chi connectivity index (χ0v) is 11.7. The van der Waals surface area contributed by atoms with Gasteiger partial charge in [-0.05, 0) is 9.91 Å². The van der Waals surface area contributed by atoms with Gasteiger partial charge in [-0.3, -0.25) is 9.47 Å². The molecule has 0 amide bonds. The van der Waals surface area contributed by atoms with E-state index in [0.29, 0.717) is 26.3 Å². The number of aryl methyl sites for hydroxylation is 1. The van der Waals surface area contributed by atoms with Gasteiger partial charge in [0.2, 0.25) is 6.33 Å². The smallest absolute Gasteiger partial charge is 0.379 e. The molecule has 1 fully saturated rings. The van der Waals surface area contributed by atoms with Crippen molar-refractivity contribution in [1.82, 2.24) is 19.2 Å². The lowest BCUT2D eigenvalue weighted by Gasteiger charge is -2.26.